The highest BCUT2D eigenvalue weighted by Crippen LogP contribution is 2.28. The zero-order chi connectivity index (χ0) is 21.6. The Morgan fingerprint density at radius 3 is 2.48 bits per heavy atom. The fourth-order valence-electron chi connectivity index (χ4n) is 2.81. The van der Waals surface area contributed by atoms with Gasteiger partial charge in [0.15, 0.2) is 18.1 Å². The molecule has 2 aromatic rings. The van der Waals surface area contributed by atoms with Crippen molar-refractivity contribution in [2.75, 3.05) is 13.7 Å². The van der Waals surface area contributed by atoms with E-state index in [2.05, 4.69) is 15.6 Å². The minimum atomic E-state index is -0.355. The number of H-pyrrole nitrogens is 1. The van der Waals surface area contributed by atoms with Crippen LogP contribution in [0.25, 0.3) is 0 Å². The van der Waals surface area contributed by atoms with Crippen LogP contribution in [0.15, 0.2) is 29.1 Å². The molecule has 0 saturated carbocycles. The lowest BCUT2D eigenvalue weighted by atomic mass is 10.1. The van der Waals surface area contributed by atoms with Gasteiger partial charge in [-0.15, -0.1) is 0 Å². The van der Waals surface area contributed by atoms with E-state index in [0.29, 0.717) is 22.6 Å². The van der Waals surface area contributed by atoms with Crippen LogP contribution >= 0.6 is 0 Å². The van der Waals surface area contributed by atoms with Gasteiger partial charge in [-0.3, -0.25) is 14.4 Å². The number of hydrogen-bond donors (Lipinski definition) is 3. The molecule has 156 valence electrons. The van der Waals surface area contributed by atoms with Crippen LogP contribution in [-0.2, 0) is 11.3 Å². The SMILES string of the molecule is COc1cc(C(=O)NCc2c(C)cc(C)[nH]c2=O)ccc1OCC(=O)NC(C)C. The molecule has 3 N–H and O–H groups in total. The van der Waals surface area contributed by atoms with Crippen molar-refractivity contribution < 1.29 is 19.1 Å². The van der Waals surface area contributed by atoms with Crippen LogP contribution in [0.2, 0.25) is 0 Å². The van der Waals surface area contributed by atoms with Crippen molar-refractivity contribution in [2.24, 2.45) is 0 Å². The number of rotatable bonds is 8. The van der Waals surface area contributed by atoms with E-state index in [4.69, 9.17) is 9.47 Å². The monoisotopic (exact) mass is 401 g/mol. The number of ether oxygens (including phenoxy) is 2. The number of aryl methyl sites for hydroxylation is 2. The van der Waals surface area contributed by atoms with Crippen LogP contribution in [0.3, 0.4) is 0 Å². The summed E-state index contributed by atoms with van der Waals surface area (Å²) >= 11 is 0. The largest absolute Gasteiger partial charge is 0.493 e. The molecule has 8 nitrogen and oxygen atoms in total. The topological polar surface area (TPSA) is 110 Å². The summed E-state index contributed by atoms with van der Waals surface area (Å²) in [5, 5.41) is 5.47. The van der Waals surface area contributed by atoms with Crippen molar-refractivity contribution in [1.82, 2.24) is 15.6 Å². The van der Waals surface area contributed by atoms with Gasteiger partial charge >= 0.3 is 0 Å². The Morgan fingerprint density at radius 2 is 1.86 bits per heavy atom. The fourth-order valence-corrected chi connectivity index (χ4v) is 2.81. The molecule has 0 unspecified atom stereocenters. The van der Waals surface area contributed by atoms with Crippen LogP contribution in [0, 0.1) is 13.8 Å². The minimum Gasteiger partial charge on any atom is -0.493 e. The van der Waals surface area contributed by atoms with Crippen molar-refractivity contribution in [3.05, 3.63) is 57.0 Å². The summed E-state index contributed by atoms with van der Waals surface area (Å²) in [7, 11) is 1.45. The number of pyridine rings is 1. The van der Waals surface area contributed by atoms with Gasteiger partial charge in [-0.1, -0.05) is 0 Å². The van der Waals surface area contributed by atoms with Crippen molar-refractivity contribution in [3.63, 3.8) is 0 Å². The number of amides is 2. The van der Waals surface area contributed by atoms with Crippen molar-refractivity contribution >= 4 is 11.8 Å². The lowest BCUT2D eigenvalue weighted by Crippen LogP contribution is -2.34. The molecule has 2 rings (SSSR count). The number of carbonyl (C=O) groups excluding carboxylic acids is 2. The molecule has 0 spiro atoms. The number of aromatic amines is 1. The maximum Gasteiger partial charge on any atom is 0.258 e. The van der Waals surface area contributed by atoms with Gasteiger partial charge < -0.3 is 25.1 Å². The summed E-state index contributed by atoms with van der Waals surface area (Å²) in [5.41, 5.74) is 2.22. The second-order valence-corrected chi connectivity index (χ2v) is 7.00. The lowest BCUT2D eigenvalue weighted by Gasteiger charge is -2.13. The third kappa shape index (κ3) is 6.10. The standard InChI is InChI=1S/C21H27N3O5/c1-12(2)23-19(25)11-29-17-7-6-15(9-18(17)28-5)20(26)22-10-16-13(3)8-14(4)24-21(16)27/h6-9,12H,10-11H2,1-5H3,(H,22,26)(H,23,25)(H,24,27). The maximum absolute atomic E-state index is 12.5. The molecule has 1 aromatic heterocycles. The van der Waals surface area contributed by atoms with Gasteiger partial charge in [0.1, 0.15) is 0 Å². The summed E-state index contributed by atoms with van der Waals surface area (Å²) in [5.74, 6) is 0.0856. The highest BCUT2D eigenvalue weighted by molar-refractivity contribution is 5.94. The Kier molecular flexibility index (Phi) is 7.41. The van der Waals surface area contributed by atoms with Gasteiger partial charge in [0, 0.05) is 29.4 Å². The Morgan fingerprint density at radius 1 is 1.14 bits per heavy atom. The molecule has 0 fully saturated rings. The highest BCUT2D eigenvalue weighted by Gasteiger charge is 2.14. The van der Waals surface area contributed by atoms with Crippen LogP contribution in [-0.4, -0.2) is 36.6 Å². The van der Waals surface area contributed by atoms with E-state index in [-0.39, 0.29) is 36.6 Å². The number of methoxy groups -OCH3 is 1. The number of carbonyl (C=O) groups is 2. The van der Waals surface area contributed by atoms with E-state index in [9.17, 15) is 14.4 Å². The number of benzene rings is 1. The van der Waals surface area contributed by atoms with Gasteiger partial charge in [0.25, 0.3) is 17.4 Å². The zero-order valence-corrected chi connectivity index (χ0v) is 17.3. The molecular weight excluding hydrogens is 374 g/mol. The average Bonchev–Trinajstić information content (AvgIpc) is 2.64. The summed E-state index contributed by atoms with van der Waals surface area (Å²) in [6.45, 7) is 7.30. The molecule has 8 heteroatoms. The van der Waals surface area contributed by atoms with E-state index >= 15 is 0 Å². The smallest absolute Gasteiger partial charge is 0.258 e. The van der Waals surface area contributed by atoms with Gasteiger partial charge in [-0.25, -0.2) is 0 Å². The second-order valence-electron chi connectivity index (χ2n) is 7.00. The highest BCUT2D eigenvalue weighted by atomic mass is 16.5. The fraction of sp³-hybridized carbons (Fsp3) is 0.381. The van der Waals surface area contributed by atoms with Crippen molar-refractivity contribution in [1.29, 1.82) is 0 Å². The van der Waals surface area contributed by atoms with Gasteiger partial charge in [-0.2, -0.15) is 0 Å². The number of aromatic nitrogens is 1. The van der Waals surface area contributed by atoms with E-state index in [1.54, 1.807) is 19.1 Å². The molecule has 0 aliphatic heterocycles. The second kappa shape index (κ2) is 9.77. The minimum absolute atomic E-state index is 0.0171. The molecule has 0 radical (unpaired) electrons. The summed E-state index contributed by atoms with van der Waals surface area (Å²) < 4.78 is 10.8. The Balaban J connectivity index is 2.06. The molecule has 29 heavy (non-hydrogen) atoms. The normalized spacial score (nSPS) is 10.6. The number of hydrogen-bond acceptors (Lipinski definition) is 5. The van der Waals surface area contributed by atoms with E-state index < -0.39 is 0 Å². The van der Waals surface area contributed by atoms with Crippen LogP contribution in [0.4, 0.5) is 0 Å². The molecule has 0 atom stereocenters. The van der Waals surface area contributed by atoms with Crippen LogP contribution < -0.4 is 25.7 Å². The predicted octanol–water partition coefficient (Wildman–Crippen LogP) is 1.83. The van der Waals surface area contributed by atoms with Crippen LogP contribution in [0.5, 0.6) is 11.5 Å². The molecule has 0 aliphatic rings. The lowest BCUT2D eigenvalue weighted by molar-refractivity contribution is -0.123. The molecular formula is C21H27N3O5. The Labute approximate surface area is 169 Å². The quantitative estimate of drug-likeness (QED) is 0.625. The first-order valence-electron chi connectivity index (χ1n) is 9.29. The average molecular weight is 401 g/mol. The molecule has 1 aromatic carbocycles. The molecule has 0 saturated heterocycles. The first-order chi connectivity index (χ1) is 13.7. The molecule has 2 amide bonds. The van der Waals surface area contributed by atoms with Gasteiger partial charge in [-0.05, 0) is 57.5 Å². The molecule has 0 aliphatic carbocycles. The van der Waals surface area contributed by atoms with Crippen molar-refractivity contribution in [2.45, 2.75) is 40.3 Å². The number of nitrogens with one attached hydrogen (secondary N) is 3. The van der Waals surface area contributed by atoms with E-state index in [1.807, 2.05) is 26.8 Å². The summed E-state index contributed by atoms with van der Waals surface area (Å²) in [4.78, 5) is 39.0. The Bertz CT molecular complexity index is 950. The van der Waals surface area contributed by atoms with Crippen LogP contribution in [0.1, 0.15) is 41.0 Å². The van der Waals surface area contributed by atoms with E-state index in [1.165, 1.54) is 13.2 Å². The summed E-state index contributed by atoms with van der Waals surface area (Å²) in [6.07, 6.45) is 0. The first-order valence-corrected chi connectivity index (χ1v) is 9.29. The van der Waals surface area contributed by atoms with Gasteiger partial charge in [0.2, 0.25) is 0 Å². The maximum atomic E-state index is 12.5. The predicted molar refractivity (Wildman–Crippen MR) is 109 cm³/mol. The van der Waals surface area contributed by atoms with E-state index in [0.717, 1.165) is 11.3 Å². The molecule has 0 bridgehead atoms. The Hall–Kier alpha value is -3.29. The third-order valence-electron chi connectivity index (χ3n) is 4.15. The summed E-state index contributed by atoms with van der Waals surface area (Å²) in [6, 6.07) is 6.54. The van der Waals surface area contributed by atoms with Crippen molar-refractivity contribution in [3.8, 4) is 11.5 Å². The zero-order valence-electron chi connectivity index (χ0n) is 17.3. The van der Waals surface area contributed by atoms with Gasteiger partial charge in [0.05, 0.1) is 7.11 Å². The first kappa shape index (κ1) is 22.0. The molecule has 1 heterocycles. The third-order valence-corrected chi connectivity index (χ3v) is 4.15.